The van der Waals surface area contributed by atoms with E-state index in [1.165, 1.54) is 0 Å². The first-order valence-corrected chi connectivity index (χ1v) is 9.29. The van der Waals surface area contributed by atoms with Gasteiger partial charge in [0.25, 0.3) is 0 Å². The van der Waals surface area contributed by atoms with Gasteiger partial charge in [0.05, 0.1) is 23.0 Å². The van der Waals surface area contributed by atoms with Gasteiger partial charge in [0, 0.05) is 24.9 Å². The monoisotopic (exact) mass is 371 g/mol. The van der Waals surface area contributed by atoms with Gasteiger partial charge in [-0.3, -0.25) is 4.68 Å². The Morgan fingerprint density at radius 3 is 2.56 bits per heavy atom. The van der Waals surface area contributed by atoms with Gasteiger partial charge in [0.2, 0.25) is 0 Å². The zero-order chi connectivity index (χ0) is 18.8. The highest BCUT2D eigenvalue weighted by Gasteiger charge is 2.46. The Morgan fingerprint density at radius 2 is 2.08 bits per heavy atom. The number of halogens is 1. The first kappa shape index (κ1) is 20.0. The van der Waals surface area contributed by atoms with E-state index in [2.05, 4.69) is 10.4 Å². The molecule has 1 amide bonds. The second-order valence-electron chi connectivity index (χ2n) is 7.99. The van der Waals surface area contributed by atoms with Crippen LogP contribution in [-0.2, 0) is 17.7 Å². The molecule has 1 aliphatic rings. The van der Waals surface area contributed by atoms with E-state index in [1.807, 2.05) is 39.3 Å². The van der Waals surface area contributed by atoms with Gasteiger partial charge in [0.15, 0.2) is 0 Å². The number of ether oxygens (including phenoxy) is 1. The number of aryl methyl sites for hydroxylation is 2. The average molecular weight is 372 g/mol. The molecule has 0 radical (unpaired) electrons. The predicted molar refractivity (Wildman–Crippen MR) is 97.8 cm³/mol. The molecule has 2 N–H and O–H groups in total. The third-order valence-electron chi connectivity index (χ3n) is 4.71. The molecule has 1 saturated carbocycles. The summed E-state index contributed by atoms with van der Waals surface area (Å²) in [5, 5.41) is 18.1. The van der Waals surface area contributed by atoms with Gasteiger partial charge in [-0.2, -0.15) is 5.10 Å². The van der Waals surface area contributed by atoms with Gasteiger partial charge in [-0.05, 0) is 53.4 Å². The van der Waals surface area contributed by atoms with E-state index in [4.69, 9.17) is 16.3 Å². The van der Waals surface area contributed by atoms with Crippen molar-refractivity contribution in [1.82, 2.24) is 15.1 Å². The normalized spacial score (nSPS) is 17.2. The molecule has 0 aliphatic heterocycles. The molecule has 1 fully saturated rings. The fourth-order valence-corrected chi connectivity index (χ4v) is 3.42. The molecule has 0 aromatic carbocycles. The van der Waals surface area contributed by atoms with Crippen molar-refractivity contribution in [3.05, 3.63) is 16.4 Å². The quantitative estimate of drug-likeness (QED) is 0.770. The highest BCUT2D eigenvalue weighted by Crippen LogP contribution is 2.48. The molecule has 0 bridgehead atoms. The van der Waals surface area contributed by atoms with Crippen LogP contribution in [0.1, 0.15) is 51.9 Å². The minimum atomic E-state index is -0.549. The van der Waals surface area contributed by atoms with Crippen molar-refractivity contribution in [3.8, 4) is 0 Å². The summed E-state index contributed by atoms with van der Waals surface area (Å²) >= 11 is 6.45. The number of aliphatic hydroxyl groups excluding tert-OH is 1. The topological polar surface area (TPSA) is 76.4 Å². The molecule has 1 atom stereocenters. The predicted octanol–water partition coefficient (Wildman–Crippen LogP) is 3.32. The minimum Gasteiger partial charge on any atom is -0.444 e. The standard InChI is InChI=1S/C18H30ClN3O3/c1-6-22-14(15(19)12(2)21-22)9-18(11-23,13-7-8-13)10-20-16(24)25-17(3,4)5/h13,23H,6-11H2,1-5H3,(H,20,24). The van der Waals surface area contributed by atoms with E-state index in [9.17, 15) is 9.90 Å². The molecule has 1 aliphatic carbocycles. The Labute approximate surface area is 154 Å². The van der Waals surface area contributed by atoms with Gasteiger partial charge in [-0.15, -0.1) is 0 Å². The molecule has 142 valence electrons. The maximum atomic E-state index is 12.1. The van der Waals surface area contributed by atoms with E-state index in [1.54, 1.807) is 0 Å². The molecule has 1 aromatic rings. The molecule has 25 heavy (non-hydrogen) atoms. The van der Waals surface area contributed by atoms with E-state index in [0.717, 1.165) is 24.2 Å². The lowest BCUT2D eigenvalue weighted by molar-refractivity contribution is 0.0436. The lowest BCUT2D eigenvalue weighted by Crippen LogP contribution is -2.45. The maximum absolute atomic E-state index is 12.1. The van der Waals surface area contributed by atoms with Gasteiger partial charge >= 0.3 is 6.09 Å². The van der Waals surface area contributed by atoms with Crippen LogP contribution in [0, 0.1) is 18.3 Å². The Morgan fingerprint density at radius 1 is 1.44 bits per heavy atom. The molecule has 2 rings (SSSR count). The summed E-state index contributed by atoms with van der Waals surface area (Å²) in [6.45, 7) is 10.4. The van der Waals surface area contributed by atoms with E-state index < -0.39 is 17.1 Å². The van der Waals surface area contributed by atoms with Crippen molar-refractivity contribution >= 4 is 17.7 Å². The van der Waals surface area contributed by atoms with Crippen LogP contribution in [0.25, 0.3) is 0 Å². The van der Waals surface area contributed by atoms with Crippen molar-refractivity contribution < 1.29 is 14.6 Å². The fourth-order valence-electron chi connectivity index (χ4n) is 3.22. The van der Waals surface area contributed by atoms with E-state index >= 15 is 0 Å². The average Bonchev–Trinajstić information content (AvgIpc) is 3.33. The van der Waals surface area contributed by atoms with E-state index in [0.29, 0.717) is 30.5 Å². The first-order valence-electron chi connectivity index (χ1n) is 8.91. The molecule has 6 nitrogen and oxygen atoms in total. The lowest BCUT2D eigenvalue weighted by Gasteiger charge is -2.33. The molecule has 1 unspecified atom stereocenters. The Kier molecular flexibility index (Phi) is 6.05. The van der Waals surface area contributed by atoms with Crippen LogP contribution in [0.4, 0.5) is 4.79 Å². The number of amides is 1. The van der Waals surface area contributed by atoms with Gasteiger partial charge in [-0.1, -0.05) is 11.6 Å². The van der Waals surface area contributed by atoms with E-state index in [-0.39, 0.29) is 6.61 Å². The summed E-state index contributed by atoms with van der Waals surface area (Å²) in [7, 11) is 0. The van der Waals surface area contributed by atoms with Crippen LogP contribution in [0.3, 0.4) is 0 Å². The highest BCUT2D eigenvalue weighted by atomic mass is 35.5. The van der Waals surface area contributed by atoms with Crippen molar-refractivity contribution in [2.45, 2.75) is 66.0 Å². The van der Waals surface area contributed by atoms with Crippen LogP contribution in [0.5, 0.6) is 0 Å². The highest BCUT2D eigenvalue weighted by molar-refractivity contribution is 6.31. The number of hydrogen-bond donors (Lipinski definition) is 2. The summed E-state index contributed by atoms with van der Waals surface area (Å²) in [6, 6.07) is 0. The Balaban J connectivity index is 2.17. The number of hydrogen-bond acceptors (Lipinski definition) is 4. The first-order chi connectivity index (χ1) is 11.6. The molecule has 1 heterocycles. The van der Waals surface area contributed by atoms with Crippen LogP contribution in [-0.4, -0.2) is 39.7 Å². The number of aromatic nitrogens is 2. The Bertz CT molecular complexity index is 620. The summed E-state index contributed by atoms with van der Waals surface area (Å²) in [4.78, 5) is 12.1. The summed E-state index contributed by atoms with van der Waals surface area (Å²) in [5.41, 5.74) is 0.724. The van der Waals surface area contributed by atoms with Crippen LogP contribution >= 0.6 is 11.6 Å². The van der Waals surface area contributed by atoms with Crippen LogP contribution in [0.15, 0.2) is 0 Å². The number of rotatable bonds is 7. The SMILES string of the molecule is CCn1nc(C)c(Cl)c1CC(CO)(CNC(=O)OC(C)(C)C)C1CC1. The van der Waals surface area contributed by atoms with Crippen LogP contribution in [0.2, 0.25) is 5.02 Å². The number of carbonyl (C=O) groups excluding carboxylic acids is 1. The number of aliphatic hydroxyl groups is 1. The second-order valence-corrected chi connectivity index (χ2v) is 8.37. The molecule has 1 aromatic heterocycles. The van der Waals surface area contributed by atoms with Crippen molar-refractivity contribution in [2.24, 2.45) is 11.3 Å². The fraction of sp³-hybridized carbons (Fsp3) is 0.778. The number of nitrogens with one attached hydrogen (secondary N) is 1. The van der Waals surface area contributed by atoms with Gasteiger partial charge in [0.1, 0.15) is 5.60 Å². The third-order valence-corrected chi connectivity index (χ3v) is 5.21. The second kappa shape index (κ2) is 7.54. The van der Waals surface area contributed by atoms with Gasteiger partial charge in [-0.25, -0.2) is 4.79 Å². The number of nitrogens with zero attached hydrogens (tertiary/aromatic N) is 2. The smallest absolute Gasteiger partial charge is 0.407 e. The van der Waals surface area contributed by atoms with Crippen LogP contribution < -0.4 is 5.32 Å². The summed E-state index contributed by atoms with van der Waals surface area (Å²) < 4.78 is 7.21. The molecular weight excluding hydrogens is 342 g/mol. The molecule has 7 heteroatoms. The number of carbonyl (C=O) groups is 1. The Hall–Kier alpha value is -1.27. The molecular formula is C18H30ClN3O3. The minimum absolute atomic E-state index is 0.0161. The van der Waals surface area contributed by atoms with Crippen molar-refractivity contribution in [3.63, 3.8) is 0 Å². The zero-order valence-electron chi connectivity index (χ0n) is 15.9. The largest absolute Gasteiger partial charge is 0.444 e. The lowest BCUT2D eigenvalue weighted by atomic mass is 9.78. The number of alkyl carbamates (subject to hydrolysis) is 1. The molecule has 0 spiro atoms. The third kappa shape index (κ3) is 4.88. The van der Waals surface area contributed by atoms with Gasteiger partial charge < -0.3 is 15.2 Å². The zero-order valence-corrected chi connectivity index (χ0v) is 16.6. The van der Waals surface area contributed by atoms with Crippen molar-refractivity contribution in [1.29, 1.82) is 0 Å². The summed E-state index contributed by atoms with van der Waals surface area (Å²) in [6.07, 6.45) is 2.22. The summed E-state index contributed by atoms with van der Waals surface area (Å²) in [5.74, 6) is 0.365. The maximum Gasteiger partial charge on any atom is 0.407 e. The van der Waals surface area contributed by atoms with Crippen molar-refractivity contribution in [2.75, 3.05) is 13.2 Å². The molecule has 0 saturated heterocycles.